The summed E-state index contributed by atoms with van der Waals surface area (Å²) in [6.07, 6.45) is 0. The van der Waals surface area contributed by atoms with E-state index in [0.29, 0.717) is 31.9 Å². The van der Waals surface area contributed by atoms with Gasteiger partial charge in [-0.3, -0.25) is 9.59 Å². The minimum atomic E-state index is -0.348. The smallest absolute Gasteiger partial charge is 0.244 e. The van der Waals surface area contributed by atoms with Crippen molar-refractivity contribution in [3.63, 3.8) is 0 Å². The number of carbonyl (C=O) groups is 2. The maximum atomic E-state index is 12.5. The van der Waals surface area contributed by atoms with Crippen LogP contribution in [0.3, 0.4) is 0 Å². The van der Waals surface area contributed by atoms with Crippen molar-refractivity contribution in [3.8, 4) is 11.5 Å². The molecular formula is C16H21N3O4. The SMILES string of the molecule is CC(=O)N1CCN(C(=O)[C@@H](C)Nc2ccc3c(c2)OCO3)CC1. The Labute approximate surface area is 135 Å². The highest BCUT2D eigenvalue weighted by molar-refractivity contribution is 5.85. The van der Waals surface area contributed by atoms with Crippen LogP contribution in [0.25, 0.3) is 0 Å². The predicted octanol–water partition coefficient (Wildman–Crippen LogP) is 0.906. The summed E-state index contributed by atoms with van der Waals surface area (Å²) < 4.78 is 10.6. The lowest BCUT2D eigenvalue weighted by Crippen LogP contribution is -2.53. The first-order valence-electron chi connectivity index (χ1n) is 7.75. The van der Waals surface area contributed by atoms with Crippen LogP contribution in [0.4, 0.5) is 5.69 Å². The van der Waals surface area contributed by atoms with Crippen LogP contribution in [0.1, 0.15) is 13.8 Å². The molecule has 7 nitrogen and oxygen atoms in total. The molecule has 1 saturated heterocycles. The van der Waals surface area contributed by atoms with Crippen LogP contribution < -0.4 is 14.8 Å². The number of nitrogens with one attached hydrogen (secondary N) is 1. The van der Waals surface area contributed by atoms with Crippen LogP contribution in [-0.2, 0) is 9.59 Å². The van der Waals surface area contributed by atoms with Gasteiger partial charge in [0.25, 0.3) is 0 Å². The zero-order valence-electron chi connectivity index (χ0n) is 13.4. The minimum Gasteiger partial charge on any atom is -0.454 e. The van der Waals surface area contributed by atoms with Gasteiger partial charge in [0.2, 0.25) is 18.6 Å². The summed E-state index contributed by atoms with van der Waals surface area (Å²) in [4.78, 5) is 27.4. The van der Waals surface area contributed by atoms with E-state index < -0.39 is 0 Å². The third-order valence-electron chi connectivity index (χ3n) is 4.16. The van der Waals surface area contributed by atoms with Crippen LogP contribution in [0.15, 0.2) is 18.2 Å². The van der Waals surface area contributed by atoms with Crippen molar-refractivity contribution in [2.45, 2.75) is 19.9 Å². The van der Waals surface area contributed by atoms with Gasteiger partial charge in [0.05, 0.1) is 0 Å². The van der Waals surface area contributed by atoms with Crippen LogP contribution in [0.2, 0.25) is 0 Å². The molecule has 124 valence electrons. The lowest BCUT2D eigenvalue weighted by atomic mass is 10.2. The molecule has 0 spiro atoms. The molecule has 1 aromatic carbocycles. The summed E-state index contributed by atoms with van der Waals surface area (Å²) in [5, 5.41) is 3.20. The first-order valence-corrected chi connectivity index (χ1v) is 7.75. The van der Waals surface area contributed by atoms with E-state index in [2.05, 4.69) is 5.32 Å². The van der Waals surface area contributed by atoms with Crippen LogP contribution in [0.5, 0.6) is 11.5 Å². The second-order valence-electron chi connectivity index (χ2n) is 5.77. The van der Waals surface area contributed by atoms with Crippen molar-refractivity contribution in [1.29, 1.82) is 0 Å². The molecule has 1 N–H and O–H groups in total. The molecule has 0 aliphatic carbocycles. The van der Waals surface area contributed by atoms with Gasteiger partial charge in [0.1, 0.15) is 6.04 Å². The molecule has 0 bridgehead atoms. The first-order chi connectivity index (χ1) is 11.0. The van der Waals surface area contributed by atoms with Gasteiger partial charge in [-0.25, -0.2) is 0 Å². The number of hydrogen-bond acceptors (Lipinski definition) is 5. The third-order valence-corrected chi connectivity index (χ3v) is 4.16. The van der Waals surface area contributed by atoms with Crippen LogP contribution in [-0.4, -0.2) is 60.6 Å². The van der Waals surface area contributed by atoms with Gasteiger partial charge in [-0.2, -0.15) is 0 Å². The standard InChI is InChI=1S/C16H21N3O4/c1-11(16(21)19-7-5-18(6-8-19)12(2)20)17-13-3-4-14-15(9-13)23-10-22-14/h3-4,9,11,17H,5-8,10H2,1-2H3/t11-/m1/s1. The molecule has 2 amide bonds. The number of anilines is 1. The lowest BCUT2D eigenvalue weighted by molar-refractivity contribution is -0.138. The number of carbonyl (C=O) groups excluding carboxylic acids is 2. The average Bonchev–Trinajstić information content (AvgIpc) is 3.01. The van der Waals surface area contributed by atoms with Crippen molar-refractivity contribution < 1.29 is 19.1 Å². The number of rotatable bonds is 3. The lowest BCUT2D eigenvalue weighted by Gasteiger charge is -2.35. The topological polar surface area (TPSA) is 71.1 Å². The molecule has 2 aliphatic rings. The summed E-state index contributed by atoms with van der Waals surface area (Å²) in [5.74, 6) is 1.49. The highest BCUT2D eigenvalue weighted by atomic mass is 16.7. The Bertz CT molecular complexity index is 611. The molecule has 1 fully saturated rings. The molecule has 1 atom stereocenters. The predicted molar refractivity (Wildman–Crippen MR) is 84.5 cm³/mol. The fraction of sp³-hybridized carbons (Fsp3) is 0.500. The minimum absolute atomic E-state index is 0.0332. The van der Waals surface area contributed by atoms with Crippen molar-refractivity contribution in [3.05, 3.63) is 18.2 Å². The van der Waals surface area contributed by atoms with E-state index in [4.69, 9.17) is 9.47 Å². The maximum absolute atomic E-state index is 12.5. The first kappa shape index (κ1) is 15.5. The normalized spacial score (nSPS) is 17.8. The molecule has 1 aromatic rings. The number of benzene rings is 1. The van der Waals surface area contributed by atoms with Gasteiger partial charge in [-0.05, 0) is 19.1 Å². The number of fused-ring (bicyclic) bond motifs is 1. The Morgan fingerprint density at radius 3 is 2.43 bits per heavy atom. The molecule has 2 aliphatic heterocycles. The van der Waals surface area contributed by atoms with E-state index >= 15 is 0 Å². The fourth-order valence-electron chi connectivity index (χ4n) is 2.81. The summed E-state index contributed by atoms with van der Waals surface area (Å²) in [5.41, 5.74) is 0.817. The Kier molecular flexibility index (Phi) is 4.27. The van der Waals surface area contributed by atoms with Crippen molar-refractivity contribution in [2.75, 3.05) is 38.3 Å². The van der Waals surface area contributed by atoms with Gasteiger partial charge >= 0.3 is 0 Å². The molecular weight excluding hydrogens is 298 g/mol. The molecule has 3 rings (SSSR count). The Balaban J connectivity index is 1.57. The summed E-state index contributed by atoms with van der Waals surface area (Å²) in [6.45, 7) is 5.96. The summed E-state index contributed by atoms with van der Waals surface area (Å²) in [6, 6.07) is 5.18. The van der Waals surface area contributed by atoms with Gasteiger partial charge in [-0.15, -0.1) is 0 Å². The second kappa shape index (κ2) is 6.36. The van der Waals surface area contributed by atoms with E-state index in [9.17, 15) is 9.59 Å². The Morgan fingerprint density at radius 1 is 1.09 bits per heavy atom. The number of amides is 2. The van der Waals surface area contributed by atoms with Crippen LogP contribution in [0, 0.1) is 0 Å². The summed E-state index contributed by atoms with van der Waals surface area (Å²) >= 11 is 0. The Hall–Kier alpha value is -2.44. The molecule has 2 heterocycles. The van der Waals surface area contributed by atoms with E-state index in [1.54, 1.807) is 16.7 Å². The van der Waals surface area contributed by atoms with Gasteiger partial charge in [0.15, 0.2) is 11.5 Å². The van der Waals surface area contributed by atoms with Crippen molar-refractivity contribution in [1.82, 2.24) is 9.80 Å². The highest BCUT2D eigenvalue weighted by Crippen LogP contribution is 2.34. The van der Waals surface area contributed by atoms with E-state index in [1.165, 1.54) is 0 Å². The van der Waals surface area contributed by atoms with E-state index in [1.807, 2.05) is 25.1 Å². The highest BCUT2D eigenvalue weighted by Gasteiger charge is 2.26. The van der Waals surface area contributed by atoms with Gasteiger partial charge in [-0.1, -0.05) is 0 Å². The fourth-order valence-corrected chi connectivity index (χ4v) is 2.81. The average molecular weight is 319 g/mol. The van der Waals surface area contributed by atoms with Gasteiger partial charge in [0, 0.05) is 44.9 Å². The van der Waals surface area contributed by atoms with Gasteiger partial charge < -0.3 is 24.6 Å². The Morgan fingerprint density at radius 2 is 1.74 bits per heavy atom. The van der Waals surface area contributed by atoms with E-state index in [0.717, 1.165) is 11.4 Å². The quantitative estimate of drug-likeness (QED) is 0.896. The molecule has 23 heavy (non-hydrogen) atoms. The number of nitrogens with zero attached hydrogens (tertiary/aromatic N) is 2. The van der Waals surface area contributed by atoms with Crippen molar-refractivity contribution in [2.24, 2.45) is 0 Å². The second-order valence-corrected chi connectivity index (χ2v) is 5.77. The maximum Gasteiger partial charge on any atom is 0.244 e. The third kappa shape index (κ3) is 3.33. The largest absolute Gasteiger partial charge is 0.454 e. The molecule has 0 aromatic heterocycles. The zero-order chi connectivity index (χ0) is 16.4. The molecule has 0 unspecified atom stereocenters. The molecule has 0 radical (unpaired) electrons. The molecule has 0 saturated carbocycles. The van der Waals surface area contributed by atoms with Crippen LogP contribution >= 0.6 is 0 Å². The number of hydrogen-bond donors (Lipinski definition) is 1. The molecule has 7 heteroatoms. The summed E-state index contributed by atoms with van der Waals surface area (Å²) in [7, 11) is 0. The number of ether oxygens (including phenoxy) is 2. The van der Waals surface area contributed by atoms with E-state index in [-0.39, 0.29) is 24.6 Å². The zero-order valence-corrected chi connectivity index (χ0v) is 13.4. The number of piperazine rings is 1. The monoisotopic (exact) mass is 319 g/mol. The van der Waals surface area contributed by atoms with Crippen molar-refractivity contribution >= 4 is 17.5 Å².